The fraction of sp³-hybridized carbons (Fsp3) is 0.143. The van der Waals surface area contributed by atoms with Crippen molar-refractivity contribution in [3.63, 3.8) is 0 Å². The van der Waals surface area contributed by atoms with Gasteiger partial charge in [0.15, 0.2) is 63.2 Å². The molecule has 0 bridgehead atoms. The molecule has 21 N–H and O–H groups in total. The van der Waals surface area contributed by atoms with Crippen LogP contribution in [-0.2, 0) is 0 Å². The Labute approximate surface area is 399 Å². The van der Waals surface area contributed by atoms with Gasteiger partial charge in [-0.05, 0) is 131 Å². The molecule has 21 heteroatoms. The molecule has 0 saturated heterocycles. The first-order valence-electron chi connectivity index (χ1n) is 19.8. The van der Waals surface area contributed by atoms with Gasteiger partial charge in [-0.1, -0.05) is 6.07 Å². The van der Waals surface area contributed by atoms with E-state index in [9.17, 15) is 0 Å². The molecule has 7 rings (SSSR count). The zero-order valence-electron chi connectivity index (χ0n) is 38.5. The molecule has 0 saturated carbocycles. The number of hydrogen-bond donors (Lipinski definition) is 21. The SMILES string of the molecule is Cc1c(O)c(O)cc(O)c1O.Cc1c(O)cc(O)cc1O.Cc1cc(O)c(O)c(O)c1.Cc1cc(O)c(O)c(O)c1O.Cc1cc(O)cc(O)c1.Cc1cc(O)ccc1O.Cc1ccc(O)c(O)c1O. The third kappa shape index (κ3) is 17.6. The molecule has 0 radical (unpaired) electrons. The minimum atomic E-state index is -0.701. The number of hydrogen-bond acceptors (Lipinski definition) is 21. The second-order valence-corrected chi connectivity index (χ2v) is 14.9. The summed E-state index contributed by atoms with van der Waals surface area (Å²) in [7, 11) is 0. The summed E-state index contributed by atoms with van der Waals surface area (Å²) in [6.45, 7) is 11.3. The minimum Gasteiger partial charge on any atom is -0.508 e. The van der Waals surface area contributed by atoms with E-state index in [-0.39, 0.29) is 68.8 Å². The van der Waals surface area contributed by atoms with Crippen molar-refractivity contribution < 1.29 is 107 Å². The summed E-state index contributed by atoms with van der Waals surface area (Å²) in [5, 5.41) is 187. The third-order valence-corrected chi connectivity index (χ3v) is 9.00. The molecule has 0 spiro atoms. The molecule has 0 aliphatic heterocycles. The Morgan fingerprint density at radius 2 is 0.586 bits per heavy atom. The van der Waals surface area contributed by atoms with E-state index in [1.807, 2.05) is 0 Å². The van der Waals surface area contributed by atoms with E-state index in [0.717, 1.165) is 17.7 Å². The first kappa shape index (κ1) is 58.4. The van der Waals surface area contributed by atoms with E-state index in [2.05, 4.69) is 0 Å². The Morgan fingerprint density at radius 3 is 1.01 bits per heavy atom. The fourth-order valence-electron chi connectivity index (χ4n) is 4.99. The van der Waals surface area contributed by atoms with Crippen LogP contribution in [0.15, 0.2) is 84.9 Å². The predicted octanol–water partition coefficient (Wildman–Crippen LogP) is 7.78. The Hall–Kier alpha value is -9.66. The van der Waals surface area contributed by atoms with E-state index in [1.165, 1.54) is 74.5 Å². The Morgan fingerprint density at radius 1 is 0.200 bits per heavy atom. The summed E-state index contributed by atoms with van der Waals surface area (Å²) >= 11 is 0. The van der Waals surface area contributed by atoms with E-state index < -0.39 is 57.5 Å². The molecule has 378 valence electrons. The second-order valence-electron chi connectivity index (χ2n) is 14.9. The zero-order valence-corrected chi connectivity index (χ0v) is 38.5. The number of phenolic OH excluding ortho intramolecular Hbond substituents is 21. The van der Waals surface area contributed by atoms with Crippen molar-refractivity contribution in [2.75, 3.05) is 0 Å². The molecule has 70 heavy (non-hydrogen) atoms. The summed E-state index contributed by atoms with van der Waals surface area (Å²) in [5.41, 5.74) is 3.52. The standard InChI is InChI=1S/2C7H8O4.3C7H8O3.2C7H8O2/c1-3-6(10)4(8)2-5(9)7(3)11;1-3-2-4(8)6(10)7(11)5(3)9;1-4-6(9)2-5(8)3-7(4)10;1-4-2-5(8)7(10)6(9)3-4;1-4-2-3-5(8)7(10)6(4)9;1-5-2-6(8)4-7(9)3-5;1-5-4-6(8)2-3-7(5)9/h2*2,8-11H,1H3;3*2-3,8-10H,1H3;2*2-4,8-9H,1H3. The van der Waals surface area contributed by atoms with Gasteiger partial charge in [-0.2, -0.15) is 0 Å². The Balaban J connectivity index is 0.000000409. The van der Waals surface area contributed by atoms with E-state index in [0.29, 0.717) is 27.8 Å². The first-order chi connectivity index (χ1) is 32.3. The number of phenols is 21. The highest BCUT2D eigenvalue weighted by Crippen LogP contribution is 2.44. The van der Waals surface area contributed by atoms with Crippen LogP contribution in [0.5, 0.6) is 121 Å². The van der Waals surface area contributed by atoms with Crippen molar-refractivity contribution >= 4 is 0 Å². The molecule has 0 heterocycles. The quantitative estimate of drug-likeness (QED) is 0.0509. The number of aryl methyl sites for hydroxylation is 5. The monoisotopic (exact) mass is 980 g/mol. The predicted molar refractivity (Wildman–Crippen MR) is 253 cm³/mol. The van der Waals surface area contributed by atoms with Gasteiger partial charge in [-0.3, -0.25) is 0 Å². The van der Waals surface area contributed by atoms with Crippen molar-refractivity contribution in [2.24, 2.45) is 0 Å². The second kappa shape index (κ2) is 25.9. The molecule has 0 aliphatic rings. The van der Waals surface area contributed by atoms with Gasteiger partial charge in [-0.25, -0.2) is 0 Å². The molecule has 0 amide bonds. The maximum Gasteiger partial charge on any atom is 0.204 e. The van der Waals surface area contributed by atoms with Gasteiger partial charge >= 0.3 is 0 Å². The van der Waals surface area contributed by atoms with Gasteiger partial charge in [-0.15, -0.1) is 0 Å². The molecule has 7 aromatic rings. The lowest BCUT2D eigenvalue weighted by Gasteiger charge is -2.05. The topological polar surface area (TPSA) is 425 Å². The summed E-state index contributed by atoms with van der Waals surface area (Å²) in [6.07, 6.45) is 0. The number of aromatic hydroxyl groups is 21. The highest BCUT2D eigenvalue weighted by atomic mass is 16.4. The van der Waals surface area contributed by atoms with Gasteiger partial charge < -0.3 is 107 Å². The van der Waals surface area contributed by atoms with Crippen LogP contribution in [0.25, 0.3) is 0 Å². The van der Waals surface area contributed by atoms with Crippen LogP contribution in [-0.4, -0.2) is 107 Å². The van der Waals surface area contributed by atoms with Crippen LogP contribution in [0.1, 0.15) is 38.9 Å². The van der Waals surface area contributed by atoms with Gasteiger partial charge in [0.2, 0.25) is 17.2 Å². The average Bonchev–Trinajstić information content (AvgIpc) is 3.27. The number of rotatable bonds is 0. The molecular weight excluding hydrogens is 925 g/mol. The lowest BCUT2D eigenvalue weighted by molar-refractivity contribution is 0.344. The maximum absolute atomic E-state index is 8.99. The average molecular weight is 981 g/mol. The third-order valence-electron chi connectivity index (χ3n) is 9.00. The smallest absolute Gasteiger partial charge is 0.204 e. The van der Waals surface area contributed by atoms with E-state index >= 15 is 0 Å². The molecule has 21 nitrogen and oxygen atoms in total. The van der Waals surface area contributed by atoms with Crippen molar-refractivity contribution in [3.05, 3.63) is 124 Å². The Bertz CT molecular complexity index is 2580. The minimum absolute atomic E-state index is 0.0579. The molecule has 0 unspecified atom stereocenters. The lowest BCUT2D eigenvalue weighted by Crippen LogP contribution is -1.78. The molecule has 0 aliphatic carbocycles. The van der Waals surface area contributed by atoms with Crippen molar-refractivity contribution in [1.82, 2.24) is 0 Å². The van der Waals surface area contributed by atoms with Crippen LogP contribution in [0.2, 0.25) is 0 Å². The van der Waals surface area contributed by atoms with Crippen LogP contribution in [0.3, 0.4) is 0 Å². The normalized spacial score (nSPS) is 9.70. The lowest BCUT2D eigenvalue weighted by atomic mass is 10.2. The van der Waals surface area contributed by atoms with Crippen LogP contribution in [0.4, 0.5) is 0 Å². The molecule has 0 atom stereocenters. The van der Waals surface area contributed by atoms with Gasteiger partial charge in [0.05, 0.1) is 0 Å². The molecular formula is C49H56O21. The van der Waals surface area contributed by atoms with Gasteiger partial charge in [0, 0.05) is 35.4 Å². The number of benzene rings is 7. The van der Waals surface area contributed by atoms with Crippen molar-refractivity contribution in [2.45, 2.75) is 48.5 Å². The molecule has 0 fully saturated rings. The van der Waals surface area contributed by atoms with Crippen LogP contribution < -0.4 is 0 Å². The summed E-state index contributed by atoms with van der Waals surface area (Å²) < 4.78 is 0. The van der Waals surface area contributed by atoms with Crippen LogP contribution >= 0.6 is 0 Å². The highest BCUT2D eigenvalue weighted by Gasteiger charge is 2.14. The van der Waals surface area contributed by atoms with Gasteiger partial charge in [0.1, 0.15) is 40.2 Å². The first-order valence-corrected chi connectivity index (χ1v) is 19.8. The fourth-order valence-corrected chi connectivity index (χ4v) is 4.99. The van der Waals surface area contributed by atoms with Crippen LogP contribution in [0, 0.1) is 48.5 Å². The summed E-state index contributed by atoms with van der Waals surface area (Å²) in [6, 6.07) is 18.8. The Kier molecular flexibility index (Phi) is 21.6. The highest BCUT2D eigenvalue weighted by molar-refractivity contribution is 5.60. The zero-order chi connectivity index (χ0) is 54.1. The molecule has 0 aromatic heterocycles. The molecule has 7 aromatic carbocycles. The largest absolute Gasteiger partial charge is 0.508 e. The van der Waals surface area contributed by atoms with E-state index in [4.69, 9.17) is 107 Å². The van der Waals surface area contributed by atoms with E-state index in [1.54, 1.807) is 46.8 Å². The summed E-state index contributed by atoms with van der Waals surface area (Å²) in [4.78, 5) is 0. The summed E-state index contributed by atoms with van der Waals surface area (Å²) in [5.74, 6) is -5.79. The van der Waals surface area contributed by atoms with Crippen molar-refractivity contribution in [3.8, 4) is 121 Å². The van der Waals surface area contributed by atoms with Gasteiger partial charge in [0.25, 0.3) is 0 Å². The maximum atomic E-state index is 8.99. The van der Waals surface area contributed by atoms with Crippen molar-refractivity contribution in [1.29, 1.82) is 0 Å².